The summed E-state index contributed by atoms with van der Waals surface area (Å²) in [5, 5.41) is 0. The summed E-state index contributed by atoms with van der Waals surface area (Å²) in [6.45, 7) is 0. The molecular weight excluding hydrogens is 144 g/mol. The van der Waals surface area contributed by atoms with Gasteiger partial charge in [0.1, 0.15) is 0 Å². The van der Waals surface area contributed by atoms with Crippen LogP contribution in [-0.2, 0) is 0 Å². The molecule has 0 fully saturated rings. The maximum atomic E-state index is 5.60. The molecule has 0 aromatic rings. The lowest BCUT2D eigenvalue weighted by Crippen LogP contribution is -2.02. The van der Waals surface area contributed by atoms with Crippen LogP contribution in [-0.4, -0.2) is 11.7 Å². The second-order valence-electron chi connectivity index (χ2n) is 1.51. The fourth-order valence-electron chi connectivity index (χ4n) is 0.496. The molecular formula is C4H4BCl2N. The topological polar surface area (TPSA) is 3.24 Å². The summed E-state index contributed by atoms with van der Waals surface area (Å²) in [5.41, 5.74) is 0. The van der Waals surface area contributed by atoms with E-state index in [1.54, 1.807) is 12.4 Å². The molecule has 1 aliphatic rings. The van der Waals surface area contributed by atoms with Crippen molar-refractivity contribution in [3.05, 3.63) is 23.3 Å². The molecule has 1 nitrogen and oxygen atoms in total. The smallest absolute Gasteiger partial charge is 0.201 e. The molecule has 0 aromatic heterocycles. The van der Waals surface area contributed by atoms with Crippen molar-refractivity contribution in [2.75, 3.05) is 0 Å². The molecule has 0 saturated heterocycles. The third-order valence-electron chi connectivity index (χ3n) is 0.824. The molecule has 1 rings (SSSR count). The van der Waals surface area contributed by atoms with Crippen LogP contribution in [0.15, 0.2) is 23.3 Å². The first-order chi connectivity index (χ1) is 3.79. The van der Waals surface area contributed by atoms with Gasteiger partial charge >= 0.3 is 0 Å². The van der Waals surface area contributed by atoms with Crippen LogP contribution in [0.3, 0.4) is 0 Å². The summed E-state index contributed by atoms with van der Waals surface area (Å²) >= 11 is 11.1. The zero-order valence-electron chi connectivity index (χ0n) is 4.14. The molecule has 0 spiro atoms. The Morgan fingerprint density at radius 1 is 1.62 bits per heavy atom. The number of nitrogens with zero attached hydrogens (tertiary/aromatic N) is 1. The average Bonchev–Trinajstić information content (AvgIpc) is 1.64. The van der Waals surface area contributed by atoms with Crippen LogP contribution >= 0.6 is 23.4 Å². The second-order valence-corrected chi connectivity index (χ2v) is 2.38. The first-order valence-electron chi connectivity index (χ1n) is 2.26. The normalized spacial score (nSPS) is 17.8. The SMILES string of the molecule is ClC1=CN(Cl)C=CB1. The maximum absolute atomic E-state index is 5.60. The van der Waals surface area contributed by atoms with Crippen LogP contribution in [0.5, 0.6) is 0 Å². The Bertz CT molecular complexity index is 143. The summed E-state index contributed by atoms with van der Waals surface area (Å²) in [6, 6.07) is 0. The van der Waals surface area contributed by atoms with E-state index in [1.165, 1.54) is 4.42 Å². The highest BCUT2D eigenvalue weighted by atomic mass is 35.5. The Hall–Kier alpha value is -0.0751. The van der Waals surface area contributed by atoms with Crippen LogP contribution in [0.1, 0.15) is 0 Å². The lowest BCUT2D eigenvalue weighted by atomic mass is 9.78. The molecule has 0 amide bonds. The van der Waals surface area contributed by atoms with Crippen molar-refractivity contribution < 1.29 is 0 Å². The van der Waals surface area contributed by atoms with E-state index in [1.807, 2.05) is 5.98 Å². The molecule has 8 heavy (non-hydrogen) atoms. The molecule has 0 bridgehead atoms. The molecule has 0 aromatic carbocycles. The summed E-state index contributed by atoms with van der Waals surface area (Å²) < 4.78 is 1.41. The predicted molar refractivity (Wildman–Crippen MR) is 37.9 cm³/mol. The minimum atomic E-state index is 0.766. The van der Waals surface area contributed by atoms with E-state index in [4.69, 9.17) is 23.4 Å². The van der Waals surface area contributed by atoms with E-state index >= 15 is 0 Å². The number of halogens is 2. The van der Waals surface area contributed by atoms with Crippen molar-refractivity contribution >= 4 is 30.7 Å². The average molecular weight is 148 g/mol. The summed E-state index contributed by atoms with van der Waals surface area (Å²) in [4.78, 5) is 0.766. The molecule has 0 aliphatic carbocycles. The van der Waals surface area contributed by atoms with Crippen molar-refractivity contribution in [1.29, 1.82) is 0 Å². The largest absolute Gasteiger partial charge is 0.269 e. The van der Waals surface area contributed by atoms with Crippen LogP contribution in [0.2, 0.25) is 0 Å². The van der Waals surface area contributed by atoms with E-state index in [-0.39, 0.29) is 0 Å². The van der Waals surface area contributed by atoms with Gasteiger partial charge in [-0.1, -0.05) is 17.6 Å². The van der Waals surface area contributed by atoms with Gasteiger partial charge in [0.05, 0.1) is 0 Å². The van der Waals surface area contributed by atoms with Gasteiger partial charge in [-0.05, 0) is 0 Å². The highest BCUT2D eigenvalue weighted by molar-refractivity contribution is 6.67. The Kier molecular flexibility index (Phi) is 1.87. The number of hydrogen-bond donors (Lipinski definition) is 0. The molecule has 0 unspecified atom stereocenters. The predicted octanol–water partition coefficient (Wildman–Crippen LogP) is 1.40. The molecule has 42 valence electrons. The minimum absolute atomic E-state index is 0.766. The van der Waals surface area contributed by atoms with E-state index < -0.39 is 0 Å². The quantitative estimate of drug-likeness (QED) is 0.370. The second kappa shape index (κ2) is 2.47. The molecule has 4 heteroatoms. The van der Waals surface area contributed by atoms with Crippen LogP contribution in [0.4, 0.5) is 0 Å². The standard InChI is InChI=1S/C4H4BCl2N/c6-4-3-8(7)2-1-5-4/h1-3,5H. The van der Waals surface area contributed by atoms with Crippen molar-refractivity contribution in [2.45, 2.75) is 0 Å². The fraction of sp³-hybridized carbons (Fsp3) is 0. The Labute approximate surface area is 58.9 Å². The number of hydrogen-bond acceptors (Lipinski definition) is 1. The van der Waals surface area contributed by atoms with Crippen molar-refractivity contribution in [3.63, 3.8) is 0 Å². The molecule has 0 N–H and O–H groups in total. The Morgan fingerprint density at radius 2 is 2.38 bits per heavy atom. The Balaban J connectivity index is 2.60. The lowest BCUT2D eigenvalue weighted by Gasteiger charge is -2.07. The highest BCUT2D eigenvalue weighted by Gasteiger charge is 1.99. The van der Waals surface area contributed by atoms with Crippen LogP contribution in [0, 0.1) is 0 Å². The third-order valence-corrected chi connectivity index (χ3v) is 1.29. The van der Waals surface area contributed by atoms with Gasteiger partial charge in [-0.15, -0.1) is 0 Å². The lowest BCUT2D eigenvalue weighted by molar-refractivity contribution is 0.827. The van der Waals surface area contributed by atoms with Gasteiger partial charge in [-0.3, -0.25) is 4.42 Å². The van der Waals surface area contributed by atoms with Gasteiger partial charge in [0.2, 0.25) is 7.28 Å². The summed E-state index contributed by atoms with van der Waals surface area (Å²) in [7, 11) is 0.796. The maximum Gasteiger partial charge on any atom is 0.201 e. The molecule has 0 atom stereocenters. The molecule has 0 saturated carbocycles. The summed E-state index contributed by atoms with van der Waals surface area (Å²) in [5.74, 6) is 1.90. The highest BCUT2D eigenvalue weighted by Crippen LogP contribution is 2.09. The number of rotatable bonds is 0. The van der Waals surface area contributed by atoms with Gasteiger partial charge in [0.25, 0.3) is 0 Å². The minimum Gasteiger partial charge on any atom is -0.269 e. The van der Waals surface area contributed by atoms with Gasteiger partial charge in [-0.2, -0.15) is 0 Å². The van der Waals surface area contributed by atoms with Crippen molar-refractivity contribution in [3.8, 4) is 0 Å². The van der Waals surface area contributed by atoms with Crippen molar-refractivity contribution in [1.82, 2.24) is 4.42 Å². The van der Waals surface area contributed by atoms with E-state index in [0.717, 1.165) is 12.2 Å². The fourth-order valence-corrected chi connectivity index (χ4v) is 0.937. The van der Waals surface area contributed by atoms with Crippen LogP contribution < -0.4 is 0 Å². The first-order valence-corrected chi connectivity index (χ1v) is 2.97. The third kappa shape index (κ3) is 1.46. The van der Waals surface area contributed by atoms with Gasteiger partial charge < -0.3 is 0 Å². The van der Waals surface area contributed by atoms with E-state index in [9.17, 15) is 0 Å². The first kappa shape index (κ1) is 6.05. The zero-order chi connectivity index (χ0) is 5.98. The monoisotopic (exact) mass is 147 g/mol. The van der Waals surface area contributed by atoms with Crippen LogP contribution in [0.25, 0.3) is 0 Å². The molecule has 0 radical (unpaired) electrons. The van der Waals surface area contributed by atoms with Crippen molar-refractivity contribution in [2.24, 2.45) is 0 Å². The van der Waals surface area contributed by atoms with Gasteiger partial charge in [0.15, 0.2) is 0 Å². The van der Waals surface area contributed by atoms with E-state index in [2.05, 4.69) is 0 Å². The molecule has 1 heterocycles. The molecule has 1 aliphatic heterocycles. The van der Waals surface area contributed by atoms with Gasteiger partial charge in [0, 0.05) is 29.1 Å². The zero-order valence-corrected chi connectivity index (χ0v) is 5.65. The van der Waals surface area contributed by atoms with Gasteiger partial charge in [-0.25, -0.2) is 0 Å². The summed E-state index contributed by atoms with van der Waals surface area (Å²) in [6.07, 6.45) is 3.43. The van der Waals surface area contributed by atoms with E-state index in [0.29, 0.717) is 0 Å². The Morgan fingerprint density at radius 3 is 2.75 bits per heavy atom.